The summed E-state index contributed by atoms with van der Waals surface area (Å²) in [5, 5.41) is 23.3. The molecule has 0 fully saturated rings. The number of carboxylic acids is 2. The normalized spacial score (nSPS) is 16.5. The molecule has 0 rings (SSSR count). The van der Waals surface area contributed by atoms with Crippen molar-refractivity contribution >= 4 is 11.9 Å². The van der Waals surface area contributed by atoms with Gasteiger partial charge >= 0.3 is 0 Å². The molecule has 0 amide bonds. The minimum absolute atomic E-state index is 0.493. The molecule has 0 spiro atoms. The number of unbranched alkanes of at least 4 members (excludes halogenated alkanes) is 2. The third kappa shape index (κ3) is 6.15. The van der Waals surface area contributed by atoms with E-state index in [1.165, 1.54) is 0 Å². The fourth-order valence-corrected chi connectivity index (χ4v) is 3.45. The first-order chi connectivity index (χ1) is 10.8. The molecule has 0 aliphatic heterocycles. The van der Waals surface area contributed by atoms with Gasteiger partial charge in [-0.3, -0.25) is 0 Å². The van der Waals surface area contributed by atoms with Crippen molar-refractivity contribution in [1.82, 2.24) is 0 Å². The van der Waals surface area contributed by atoms with E-state index in [0.717, 1.165) is 25.7 Å². The molecule has 0 aliphatic rings. The summed E-state index contributed by atoms with van der Waals surface area (Å²) >= 11 is 0. The maximum absolute atomic E-state index is 11.6. The minimum atomic E-state index is -0.988. The van der Waals surface area contributed by atoms with Crippen LogP contribution in [0.25, 0.3) is 0 Å². The van der Waals surface area contributed by atoms with Gasteiger partial charge in [-0.25, -0.2) is 0 Å². The zero-order valence-corrected chi connectivity index (χ0v) is 15.4. The largest absolute Gasteiger partial charge is 0.550 e. The molecule has 0 N–H and O–H groups in total. The second kappa shape index (κ2) is 10.7. The van der Waals surface area contributed by atoms with Gasteiger partial charge in [0, 0.05) is 22.8 Å². The molecule has 0 aromatic heterocycles. The van der Waals surface area contributed by atoms with Crippen LogP contribution in [0.5, 0.6) is 0 Å². The Morgan fingerprint density at radius 2 is 0.957 bits per heavy atom. The molecular formula is C19H34O4-2. The smallest absolute Gasteiger partial charge is 0.0476 e. The van der Waals surface area contributed by atoms with E-state index in [2.05, 4.69) is 0 Å². The van der Waals surface area contributed by atoms with E-state index in [9.17, 15) is 19.8 Å². The van der Waals surface area contributed by atoms with Crippen molar-refractivity contribution in [3.8, 4) is 0 Å². The Hall–Kier alpha value is -1.06. The molecule has 0 heterocycles. The van der Waals surface area contributed by atoms with Crippen molar-refractivity contribution in [2.45, 2.75) is 98.3 Å². The molecule has 4 nitrogen and oxygen atoms in total. The van der Waals surface area contributed by atoms with Crippen molar-refractivity contribution in [1.29, 1.82) is 0 Å². The Labute approximate surface area is 141 Å². The molecule has 0 aliphatic carbocycles. The Morgan fingerprint density at radius 3 is 1.17 bits per heavy atom. The number of rotatable bonds is 14. The summed E-state index contributed by atoms with van der Waals surface area (Å²) in [5.74, 6) is -1.98. The van der Waals surface area contributed by atoms with Gasteiger partial charge in [0.2, 0.25) is 0 Å². The van der Waals surface area contributed by atoms with Crippen molar-refractivity contribution in [2.24, 2.45) is 10.8 Å². The van der Waals surface area contributed by atoms with Crippen molar-refractivity contribution < 1.29 is 19.8 Å². The summed E-state index contributed by atoms with van der Waals surface area (Å²) in [4.78, 5) is 23.3. The number of hydrogen-bond donors (Lipinski definition) is 0. The van der Waals surface area contributed by atoms with E-state index in [4.69, 9.17) is 0 Å². The van der Waals surface area contributed by atoms with E-state index in [0.29, 0.717) is 44.9 Å². The van der Waals surface area contributed by atoms with Crippen LogP contribution in [-0.4, -0.2) is 11.9 Å². The number of carbonyl (C=O) groups excluding carboxylic acids is 2. The maximum atomic E-state index is 11.6. The quantitative estimate of drug-likeness (QED) is 0.491. The van der Waals surface area contributed by atoms with Gasteiger partial charge in [-0.15, -0.1) is 0 Å². The first-order valence-corrected chi connectivity index (χ1v) is 9.27. The summed E-state index contributed by atoms with van der Waals surface area (Å²) in [6, 6.07) is 0. The number of aliphatic carboxylic acids is 2. The van der Waals surface area contributed by atoms with E-state index in [1.807, 2.05) is 27.7 Å². The van der Waals surface area contributed by atoms with E-state index >= 15 is 0 Å². The highest BCUT2D eigenvalue weighted by Gasteiger charge is 2.33. The van der Waals surface area contributed by atoms with Crippen LogP contribution in [0.3, 0.4) is 0 Å². The molecule has 0 saturated carbocycles. The zero-order chi connectivity index (χ0) is 17.9. The minimum Gasteiger partial charge on any atom is -0.550 e. The molecule has 4 heteroatoms. The SMILES string of the molecule is CCCCC(CC)(CCCC(CC)(CCCC)C(=O)[O-])C(=O)[O-]. The predicted octanol–water partition coefficient (Wildman–Crippen LogP) is 2.83. The van der Waals surface area contributed by atoms with Gasteiger partial charge in [0.05, 0.1) is 0 Å². The highest BCUT2D eigenvalue weighted by atomic mass is 16.4. The second-order valence-corrected chi connectivity index (χ2v) is 6.90. The molecule has 23 heavy (non-hydrogen) atoms. The Balaban J connectivity index is 4.93. The van der Waals surface area contributed by atoms with Gasteiger partial charge in [0.1, 0.15) is 0 Å². The van der Waals surface area contributed by atoms with Crippen LogP contribution in [-0.2, 0) is 9.59 Å². The van der Waals surface area contributed by atoms with E-state index in [-0.39, 0.29) is 0 Å². The molecule has 0 saturated heterocycles. The Bertz CT molecular complexity index is 332. The van der Waals surface area contributed by atoms with Gasteiger partial charge in [-0.2, -0.15) is 0 Å². The summed E-state index contributed by atoms with van der Waals surface area (Å²) < 4.78 is 0. The highest BCUT2D eigenvalue weighted by molar-refractivity contribution is 5.73. The molecule has 2 unspecified atom stereocenters. The van der Waals surface area contributed by atoms with E-state index < -0.39 is 22.8 Å². The molecule has 0 radical (unpaired) electrons. The summed E-state index contributed by atoms with van der Waals surface area (Å²) in [6.07, 6.45) is 7.49. The lowest BCUT2D eigenvalue weighted by Crippen LogP contribution is -2.44. The number of carboxylic acid groups (broad SMARTS) is 2. The fourth-order valence-electron chi connectivity index (χ4n) is 3.45. The lowest BCUT2D eigenvalue weighted by atomic mass is 9.71. The van der Waals surface area contributed by atoms with Gasteiger partial charge in [-0.05, 0) is 38.5 Å². The Kier molecular flexibility index (Phi) is 10.2. The lowest BCUT2D eigenvalue weighted by molar-refractivity contribution is -0.321. The van der Waals surface area contributed by atoms with Crippen LogP contribution >= 0.6 is 0 Å². The molecule has 0 bridgehead atoms. The summed E-state index contributed by atoms with van der Waals surface area (Å²) in [5.41, 5.74) is -1.63. The average molecular weight is 326 g/mol. The topological polar surface area (TPSA) is 80.3 Å². The fraction of sp³-hybridized carbons (Fsp3) is 0.895. The summed E-state index contributed by atoms with van der Waals surface area (Å²) in [7, 11) is 0. The first kappa shape index (κ1) is 21.9. The molecule has 0 aromatic carbocycles. The Morgan fingerprint density at radius 1 is 0.652 bits per heavy atom. The van der Waals surface area contributed by atoms with Gasteiger partial charge in [0.15, 0.2) is 0 Å². The van der Waals surface area contributed by atoms with Crippen LogP contribution in [0.4, 0.5) is 0 Å². The van der Waals surface area contributed by atoms with Crippen LogP contribution < -0.4 is 10.2 Å². The predicted molar refractivity (Wildman–Crippen MR) is 88.4 cm³/mol. The first-order valence-electron chi connectivity index (χ1n) is 9.27. The molecular weight excluding hydrogens is 292 g/mol. The standard InChI is InChI=1S/C19H36O4/c1-5-9-12-18(7-3,16(20)21)14-11-15-19(8-4,17(22)23)13-10-6-2/h5-15H2,1-4H3,(H,20,21)(H,22,23)/p-2. The molecule has 0 aromatic rings. The van der Waals surface area contributed by atoms with Gasteiger partial charge < -0.3 is 19.8 Å². The van der Waals surface area contributed by atoms with Gasteiger partial charge in [0.25, 0.3) is 0 Å². The van der Waals surface area contributed by atoms with Crippen molar-refractivity contribution in [2.75, 3.05) is 0 Å². The molecule has 2 atom stereocenters. The monoisotopic (exact) mass is 326 g/mol. The van der Waals surface area contributed by atoms with Crippen LogP contribution in [0, 0.1) is 10.8 Å². The van der Waals surface area contributed by atoms with Crippen LogP contribution in [0.1, 0.15) is 98.3 Å². The third-order valence-corrected chi connectivity index (χ3v) is 5.55. The lowest BCUT2D eigenvalue weighted by Gasteiger charge is -2.38. The summed E-state index contributed by atoms with van der Waals surface area (Å²) in [6.45, 7) is 7.85. The highest BCUT2D eigenvalue weighted by Crippen LogP contribution is 2.39. The van der Waals surface area contributed by atoms with Crippen molar-refractivity contribution in [3.05, 3.63) is 0 Å². The van der Waals surface area contributed by atoms with Crippen molar-refractivity contribution in [3.63, 3.8) is 0 Å². The molecule has 136 valence electrons. The van der Waals surface area contributed by atoms with Crippen LogP contribution in [0.2, 0.25) is 0 Å². The van der Waals surface area contributed by atoms with Gasteiger partial charge in [-0.1, -0.05) is 59.8 Å². The maximum Gasteiger partial charge on any atom is 0.0476 e. The van der Waals surface area contributed by atoms with Crippen LogP contribution in [0.15, 0.2) is 0 Å². The zero-order valence-electron chi connectivity index (χ0n) is 15.4. The van der Waals surface area contributed by atoms with E-state index in [1.54, 1.807) is 0 Å². The number of carbonyl (C=O) groups is 2. The average Bonchev–Trinajstić information content (AvgIpc) is 2.53. The third-order valence-electron chi connectivity index (χ3n) is 5.55. The second-order valence-electron chi connectivity index (χ2n) is 6.90. The number of hydrogen-bond acceptors (Lipinski definition) is 4.